The molecule has 17 heavy (non-hydrogen) atoms. The maximum Gasteiger partial charge on any atom is 0.416 e. The van der Waals surface area contributed by atoms with Crippen molar-refractivity contribution >= 4 is 12.4 Å². The third kappa shape index (κ3) is 2.53. The number of benzene rings is 1. The zero-order valence-corrected chi connectivity index (χ0v) is 9.46. The monoisotopic (exact) mass is 270 g/mol. The van der Waals surface area contributed by atoms with Gasteiger partial charge in [0.1, 0.15) is 5.82 Å². The molecule has 7 heteroatoms. The molecule has 1 fully saturated rings. The van der Waals surface area contributed by atoms with E-state index in [1.165, 1.54) is 0 Å². The summed E-state index contributed by atoms with van der Waals surface area (Å²) < 4.78 is 50.3. The van der Waals surface area contributed by atoms with Crippen molar-refractivity contribution in [1.82, 2.24) is 5.32 Å². The Labute approximate surface area is 102 Å². The normalized spacial score (nSPS) is 18.2. The molecule has 2 nitrogen and oxygen atoms in total. The Hall–Kier alpha value is -0.850. The van der Waals surface area contributed by atoms with Crippen LogP contribution in [0.1, 0.15) is 11.1 Å². The van der Waals surface area contributed by atoms with Crippen molar-refractivity contribution in [2.45, 2.75) is 11.7 Å². The summed E-state index contributed by atoms with van der Waals surface area (Å²) in [4.78, 5) is 0. The van der Waals surface area contributed by atoms with Gasteiger partial charge in [-0.05, 0) is 12.1 Å². The van der Waals surface area contributed by atoms with Crippen LogP contribution in [0.5, 0.6) is 0 Å². The Kier molecular flexibility index (Phi) is 3.71. The number of rotatable bonds is 1. The van der Waals surface area contributed by atoms with Crippen molar-refractivity contribution in [3.8, 4) is 0 Å². The van der Waals surface area contributed by atoms with Crippen LogP contribution in [0.3, 0.4) is 0 Å². The highest BCUT2D eigenvalue weighted by Crippen LogP contribution is 2.33. The highest BCUT2D eigenvalue weighted by Gasteiger charge is 2.38. The van der Waals surface area contributed by atoms with Crippen LogP contribution in [0.25, 0.3) is 0 Å². The van der Waals surface area contributed by atoms with Crippen LogP contribution in [-0.2, 0) is 11.7 Å². The van der Waals surface area contributed by atoms with E-state index < -0.39 is 23.1 Å². The number of hydrogen-bond acceptors (Lipinski definition) is 2. The Morgan fingerprint density at radius 2 is 1.82 bits per heavy atom. The molecule has 2 rings (SSSR count). The topological polar surface area (TPSA) is 38.0 Å². The second-order valence-electron chi connectivity index (χ2n) is 3.95. The van der Waals surface area contributed by atoms with E-state index in [0.717, 1.165) is 12.1 Å². The first-order valence-electron chi connectivity index (χ1n) is 4.70. The molecule has 3 N–H and O–H groups in total. The average molecular weight is 271 g/mol. The lowest BCUT2D eigenvalue weighted by atomic mass is 9.84. The fraction of sp³-hybridized carbons (Fsp3) is 0.400. The third-order valence-corrected chi connectivity index (χ3v) is 2.71. The van der Waals surface area contributed by atoms with E-state index in [-0.39, 0.29) is 18.0 Å². The maximum atomic E-state index is 13.5. The molecule has 1 aliphatic heterocycles. The van der Waals surface area contributed by atoms with E-state index in [1.54, 1.807) is 0 Å². The molecule has 1 aliphatic rings. The van der Waals surface area contributed by atoms with Gasteiger partial charge >= 0.3 is 6.18 Å². The molecular formula is C10H11ClF4N2. The predicted octanol–water partition coefficient (Wildman–Crippen LogP) is 2.02. The summed E-state index contributed by atoms with van der Waals surface area (Å²) in [5.41, 5.74) is 4.05. The van der Waals surface area contributed by atoms with Crippen molar-refractivity contribution in [2.24, 2.45) is 5.73 Å². The van der Waals surface area contributed by atoms with Crippen molar-refractivity contribution in [2.75, 3.05) is 13.1 Å². The quantitative estimate of drug-likeness (QED) is 0.767. The van der Waals surface area contributed by atoms with Crippen LogP contribution < -0.4 is 11.1 Å². The standard InChI is InChI=1S/C10H10F4N2.ClH/c11-8-3-6(10(12,13)14)1-2-7(8)9(15)4-16-5-9;/h1-3,16H,4-5,15H2;1H. The maximum absolute atomic E-state index is 13.5. The van der Waals surface area contributed by atoms with Crippen LogP contribution >= 0.6 is 12.4 Å². The summed E-state index contributed by atoms with van der Waals surface area (Å²) in [7, 11) is 0. The van der Waals surface area contributed by atoms with Gasteiger partial charge in [-0.25, -0.2) is 4.39 Å². The summed E-state index contributed by atoms with van der Waals surface area (Å²) in [6.07, 6.45) is -4.53. The summed E-state index contributed by atoms with van der Waals surface area (Å²) in [6, 6.07) is 2.45. The molecule has 1 saturated heterocycles. The first-order valence-corrected chi connectivity index (χ1v) is 4.70. The molecule has 0 spiro atoms. The predicted molar refractivity (Wildman–Crippen MR) is 57.4 cm³/mol. The van der Waals surface area contributed by atoms with E-state index in [2.05, 4.69) is 5.32 Å². The minimum atomic E-state index is -4.53. The van der Waals surface area contributed by atoms with Gasteiger partial charge in [-0.2, -0.15) is 13.2 Å². The Bertz CT molecular complexity index is 415. The molecule has 0 aromatic heterocycles. The molecule has 1 heterocycles. The first kappa shape index (κ1) is 14.2. The fourth-order valence-electron chi connectivity index (χ4n) is 1.68. The second kappa shape index (κ2) is 4.44. The third-order valence-electron chi connectivity index (χ3n) is 2.71. The van der Waals surface area contributed by atoms with E-state index >= 15 is 0 Å². The molecule has 0 saturated carbocycles. The van der Waals surface area contributed by atoms with Gasteiger partial charge in [0.05, 0.1) is 11.1 Å². The molecule has 0 bridgehead atoms. The van der Waals surface area contributed by atoms with Crippen LogP contribution in [0.4, 0.5) is 17.6 Å². The van der Waals surface area contributed by atoms with Crippen molar-refractivity contribution < 1.29 is 17.6 Å². The summed E-state index contributed by atoms with van der Waals surface area (Å²) in [5, 5.41) is 2.86. The van der Waals surface area contributed by atoms with E-state index in [1.807, 2.05) is 0 Å². The van der Waals surface area contributed by atoms with Crippen molar-refractivity contribution in [1.29, 1.82) is 0 Å². The minimum Gasteiger partial charge on any atom is -0.319 e. The van der Waals surface area contributed by atoms with Crippen molar-refractivity contribution in [3.05, 3.63) is 35.1 Å². The van der Waals surface area contributed by atoms with Gasteiger partial charge in [-0.3, -0.25) is 0 Å². The molecule has 96 valence electrons. The zero-order valence-electron chi connectivity index (χ0n) is 8.64. The highest BCUT2D eigenvalue weighted by molar-refractivity contribution is 5.85. The molecule has 1 aromatic carbocycles. The lowest BCUT2D eigenvalue weighted by Gasteiger charge is -2.39. The Balaban J connectivity index is 0.00000144. The lowest BCUT2D eigenvalue weighted by molar-refractivity contribution is -0.137. The molecule has 0 radical (unpaired) electrons. The second-order valence-corrected chi connectivity index (χ2v) is 3.95. The van der Waals surface area contributed by atoms with Crippen LogP contribution in [0, 0.1) is 5.82 Å². The van der Waals surface area contributed by atoms with E-state index in [9.17, 15) is 17.6 Å². The van der Waals surface area contributed by atoms with E-state index in [0.29, 0.717) is 19.2 Å². The molecule has 0 atom stereocenters. The Morgan fingerprint density at radius 1 is 1.24 bits per heavy atom. The van der Waals surface area contributed by atoms with Gasteiger partial charge in [0.2, 0.25) is 0 Å². The van der Waals surface area contributed by atoms with E-state index in [4.69, 9.17) is 5.73 Å². The fourth-order valence-corrected chi connectivity index (χ4v) is 1.68. The van der Waals surface area contributed by atoms with Gasteiger partial charge in [0, 0.05) is 18.7 Å². The summed E-state index contributed by atoms with van der Waals surface area (Å²) >= 11 is 0. The Morgan fingerprint density at radius 3 is 2.18 bits per heavy atom. The number of nitrogens with two attached hydrogens (primary N) is 1. The number of nitrogens with one attached hydrogen (secondary N) is 1. The molecular weight excluding hydrogens is 260 g/mol. The smallest absolute Gasteiger partial charge is 0.319 e. The lowest BCUT2D eigenvalue weighted by Crippen LogP contribution is -2.63. The SMILES string of the molecule is Cl.NC1(c2ccc(C(F)(F)F)cc2F)CNC1. The molecule has 0 aliphatic carbocycles. The van der Waals surface area contributed by atoms with Gasteiger partial charge in [-0.15, -0.1) is 12.4 Å². The number of halogens is 5. The number of alkyl halides is 3. The van der Waals surface area contributed by atoms with Gasteiger partial charge < -0.3 is 11.1 Å². The molecule has 0 amide bonds. The minimum absolute atomic E-state index is 0. The van der Waals surface area contributed by atoms with Gasteiger partial charge in [0.15, 0.2) is 0 Å². The average Bonchev–Trinajstić information content (AvgIpc) is 2.12. The van der Waals surface area contributed by atoms with Crippen LogP contribution in [-0.4, -0.2) is 13.1 Å². The largest absolute Gasteiger partial charge is 0.416 e. The highest BCUT2D eigenvalue weighted by atomic mass is 35.5. The molecule has 1 aromatic rings. The summed E-state index contributed by atoms with van der Waals surface area (Å²) in [5.74, 6) is -0.904. The van der Waals surface area contributed by atoms with Crippen LogP contribution in [0.15, 0.2) is 18.2 Å². The van der Waals surface area contributed by atoms with Gasteiger partial charge in [-0.1, -0.05) is 6.07 Å². The number of hydrogen-bond donors (Lipinski definition) is 2. The molecule has 0 unspecified atom stereocenters. The van der Waals surface area contributed by atoms with Crippen LogP contribution in [0.2, 0.25) is 0 Å². The van der Waals surface area contributed by atoms with Crippen molar-refractivity contribution in [3.63, 3.8) is 0 Å². The first-order chi connectivity index (χ1) is 7.33. The summed E-state index contributed by atoms with van der Waals surface area (Å²) in [6.45, 7) is 0.741. The van der Waals surface area contributed by atoms with Gasteiger partial charge in [0.25, 0.3) is 0 Å². The zero-order chi connectivity index (χ0) is 12.0.